The summed E-state index contributed by atoms with van der Waals surface area (Å²) < 4.78 is 0. The first-order valence-electron chi connectivity index (χ1n) is 0.878. The topological polar surface area (TPSA) is 0 Å². The molecule has 29 valence electrons. The first-order valence-corrected chi connectivity index (χ1v) is 4.90. The van der Waals surface area contributed by atoms with Gasteiger partial charge >= 0.3 is 0 Å². The Morgan fingerprint density at radius 3 is 1.40 bits per heavy atom. The monoisotopic (exact) mass is 141 g/mol. The summed E-state index contributed by atoms with van der Waals surface area (Å²) in [6.07, 6.45) is 0. The van der Waals surface area contributed by atoms with Crippen molar-refractivity contribution in [2.75, 3.05) is 0 Å². The molecule has 0 amide bonds. The van der Waals surface area contributed by atoms with E-state index in [1.54, 1.807) is 6.55 Å². The largest absolute Gasteiger partial charge is 0.270 e. The molecule has 0 fully saturated rings. The summed E-state index contributed by atoms with van der Waals surface area (Å²) in [6.45, 7) is 1.80. The molecule has 0 aliphatic carbocycles. The summed E-state index contributed by atoms with van der Waals surface area (Å²) in [5, 5.41) is 0. The molecule has 0 aromatic rings. The molecule has 0 atom stereocenters. The van der Waals surface area contributed by atoms with E-state index in [9.17, 15) is 0 Å². The van der Waals surface area contributed by atoms with Crippen molar-refractivity contribution in [2.24, 2.45) is 0 Å². The minimum absolute atomic E-state index is 0. The molecule has 0 aliphatic heterocycles. The van der Waals surface area contributed by atoms with Crippen LogP contribution in [0.5, 0.6) is 0 Å². The van der Waals surface area contributed by atoms with Crippen LogP contribution in [0.4, 0.5) is 0 Å². The fourth-order valence-electron chi connectivity index (χ4n) is 0. The molecule has 4 heteroatoms. The molecule has 5 radical (unpaired) electrons. The third kappa shape index (κ3) is 44.3. The summed E-state index contributed by atoms with van der Waals surface area (Å²) in [4.78, 5) is 0. The van der Waals surface area contributed by atoms with Crippen LogP contribution in [-0.4, -0.2) is 18.4 Å². The number of hydrogen-bond donors (Lipinski definition) is 0. The van der Waals surface area contributed by atoms with Gasteiger partial charge in [0, 0.05) is 11.0 Å². The molecule has 0 heterocycles. The Labute approximate surface area is 47.5 Å². The van der Waals surface area contributed by atoms with Crippen LogP contribution in [0.3, 0.4) is 0 Å². The summed E-state index contributed by atoms with van der Waals surface area (Å²) >= 11 is 10.3. The average molecular weight is 142 g/mol. The lowest BCUT2D eigenvalue weighted by molar-refractivity contribution is 2.34. The molecule has 5 heavy (non-hydrogen) atoms. The molecule has 0 bridgehead atoms. The van der Waals surface area contributed by atoms with E-state index in [2.05, 4.69) is 0 Å². The zero-order valence-corrected chi connectivity index (χ0v) is 6.27. The number of hydrogen-bond acceptors (Lipinski definition) is 0. The molecule has 0 aliphatic rings. The molecule has 0 saturated heterocycles. The van der Waals surface area contributed by atoms with Crippen LogP contribution in [0.15, 0.2) is 0 Å². The fourth-order valence-corrected chi connectivity index (χ4v) is 0. The van der Waals surface area contributed by atoms with Crippen molar-refractivity contribution >= 4 is 40.5 Å². The summed E-state index contributed by atoms with van der Waals surface area (Å²) in [5.74, 6) is 0. The highest BCUT2D eigenvalue weighted by atomic mass is 35.7. The Balaban J connectivity index is 0. The van der Waals surface area contributed by atoms with Crippen molar-refractivity contribution in [1.82, 2.24) is 0 Å². The second kappa shape index (κ2) is 5.01. The van der Waals surface area contributed by atoms with Crippen LogP contribution in [0.2, 0.25) is 6.55 Å². The highest BCUT2D eigenvalue weighted by Crippen LogP contribution is 1.89. The van der Waals surface area contributed by atoms with Gasteiger partial charge in [0.05, 0.1) is 0 Å². The molecule has 0 nitrogen and oxygen atoms in total. The van der Waals surface area contributed by atoms with Gasteiger partial charge in [-0.15, -0.1) is 22.2 Å². The van der Waals surface area contributed by atoms with Gasteiger partial charge in [-0.3, -0.25) is 0 Å². The standard InChI is InChI=1S/CH3Cl2Si.Si/c1-4(2)3;/h1H3;. The minimum atomic E-state index is -0.935. The Morgan fingerprint density at radius 1 is 1.40 bits per heavy atom. The Hall–Kier alpha value is 1.01. The minimum Gasteiger partial charge on any atom is -0.147 e. The smallest absolute Gasteiger partial charge is 0.147 e. The van der Waals surface area contributed by atoms with Gasteiger partial charge in [-0.25, -0.2) is 0 Å². The van der Waals surface area contributed by atoms with Gasteiger partial charge in [0.2, 0.25) is 0 Å². The zero-order chi connectivity index (χ0) is 3.58. The average Bonchev–Trinajstić information content (AvgIpc) is 0.811. The van der Waals surface area contributed by atoms with Crippen molar-refractivity contribution in [2.45, 2.75) is 6.55 Å². The highest BCUT2D eigenvalue weighted by Gasteiger charge is 1.82. The lowest BCUT2D eigenvalue weighted by atomic mass is 11.9. The van der Waals surface area contributed by atoms with Crippen LogP contribution >= 0.6 is 22.2 Å². The lowest BCUT2D eigenvalue weighted by Crippen LogP contribution is -1.72. The van der Waals surface area contributed by atoms with Crippen molar-refractivity contribution < 1.29 is 0 Å². The third-order valence-corrected chi connectivity index (χ3v) is 0. The number of rotatable bonds is 0. The normalized spacial score (nSPS) is 7.20. The van der Waals surface area contributed by atoms with E-state index in [4.69, 9.17) is 22.2 Å². The highest BCUT2D eigenvalue weighted by molar-refractivity contribution is 7.33. The van der Waals surface area contributed by atoms with E-state index in [0.29, 0.717) is 0 Å². The van der Waals surface area contributed by atoms with Crippen molar-refractivity contribution in [3.63, 3.8) is 0 Å². The number of halogens is 2. The van der Waals surface area contributed by atoms with E-state index in [0.717, 1.165) is 0 Å². The van der Waals surface area contributed by atoms with E-state index in [1.807, 2.05) is 0 Å². The van der Waals surface area contributed by atoms with Gasteiger partial charge in [-0.05, 0) is 6.55 Å². The van der Waals surface area contributed by atoms with E-state index < -0.39 is 7.42 Å². The molecular formula is CH3Cl2Si2. The van der Waals surface area contributed by atoms with Crippen molar-refractivity contribution in [3.05, 3.63) is 0 Å². The maximum absolute atomic E-state index is 5.14. The van der Waals surface area contributed by atoms with Crippen molar-refractivity contribution in [3.8, 4) is 0 Å². The van der Waals surface area contributed by atoms with Gasteiger partial charge in [0.1, 0.15) is 0 Å². The zero-order valence-electron chi connectivity index (χ0n) is 2.76. The van der Waals surface area contributed by atoms with E-state index in [-0.39, 0.29) is 11.0 Å². The second-order valence-electron chi connectivity index (χ2n) is 0.449. The molecular weight excluding hydrogens is 139 g/mol. The Bertz CT molecular complexity index is 12.4. The summed E-state index contributed by atoms with van der Waals surface area (Å²) in [6, 6.07) is 0. The quantitative estimate of drug-likeness (QED) is 0.352. The van der Waals surface area contributed by atoms with Gasteiger partial charge in [0.15, 0.2) is 0 Å². The van der Waals surface area contributed by atoms with Gasteiger partial charge in [0.25, 0.3) is 7.42 Å². The molecule has 0 unspecified atom stereocenters. The van der Waals surface area contributed by atoms with Crippen LogP contribution in [0.25, 0.3) is 0 Å². The predicted octanol–water partition coefficient (Wildman–Crippen LogP) is 1.20. The molecule has 0 spiro atoms. The van der Waals surface area contributed by atoms with Crippen LogP contribution in [-0.2, 0) is 0 Å². The van der Waals surface area contributed by atoms with Gasteiger partial charge < -0.3 is 0 Å². The lowest BCUT2D eigenvalue weighted by Gasteiger charge is -1.66. The maximum atomic E-state index is 5.14. The SMILES string of the molecule is C[Si](Cl)Cl.[Si]. The van der Waals surface area contributed by atoms with Crippen LogP contribution < -0.4 is 0 Å². The van der Waals surface area contributed by atoms with Gasteiger partial charge in [-0.1, -0.05) is 0 Å². The van der Waals surface area contributed by atoms with E-state index in [1.165, 1.54) is 0 Å². The molecule has 0 aromatic heterocycles. The molecule has 0 rings (SSSR count). The molecule has 0 N–H and O–H groups in total. The summed E-state index contributed by atoms with van der Waals surface area (Å²) in [5.41, 5.74) is 0. The fraction of sp³-hybridized carbons (Fsp3) is 1.00. The van der Waals surface area contributed by atoms with Crippen LogP contribution in [0, 0.1) is 0 Å². The Kier molecular flexibility index (Phi) is 9.41. The summed E-state index contributed by atoms with van der Waals surface area (Å²) in [7, 11) is -0.935. The third-order valence-electron chi connectivity index (χ3n) is 0. The maximum Gasteiger partial charge on any atom is 0.270 e. The molecule has 0 aromatic carbocycles. The molecule has 0 saturated carbocycles. The Morgan fingerprint density at radius 2 is 1.40 bits per heavy atom. The van der Waals surface area contributed by atoms with Crippen molar-refractivity contribution in [1.29, 1.82) is 0 Å². The second-order valence-corrected chi connectivity index (χ2v) is 5.33. The van der Waals surface area contributed by atoms with Gasteiger partial charge in [-0.2, -0.15) is 0 Å². The first-order chi connectivity index (χ1) is 1.73. The van der Waals surface area contributed by atoms with E-state index >= 15 is 0 Å². The predicted molar refractivity (Wildman–Crippen MR) is 29.1 cm³/mol. The first kappa shape index (κ1) is 9.38. The van der Waals surface area contributed by atoms with Crippen LogP contribution in [0.1, 0.15) is 0 Å².